The minimum atomic E-state index is -0.425. The van der Waals surface area contributed by atoms with E-state index in [4.69, 9.17) is 19.0 Å². The summed E-state index contributed by atoms with van der Waals surface area (Å²) < 4.78 is 17.8. The molecule has 0 saturated carbocycles. The fourth-order valence-electron chi connectivity index (χ4n) is 5.86. The minimum Gasteiger partial charge on any atom is -0.444 e. The second-order valence-electron chi connectivity index (χ2n) is 13.5. The molecule has 4 saturated heterocycles. The highest BCUT2D eigenvalue weighted by Gasteiger charge is 2.54. The highest BCUT2D eigenvalue weighted by molar-refractivity contribution is 6.62. The number of hydrogen-bond acceptors (Lipinski definition) is 7. The van der Waals surface area contributed by atoms with E-state index in [-0.39, 0.29) is 24.4 Å². The molecule has 1 spiro atoms. The Morgan fingerprint density at radius 1 is 1.06 bits per heavy atom. The molecule has 1 amide bonds. The Kier molecular flexibility index (Phi) is 6.36. The zero-order chi connectivity index (χ0) is 25.9. The Labute approximate surface area is 216 Å². The maximum absolute atomic E-state index is 12.2. The lowest BCUT2D eigenvalue weighted by Gasteiger charge is -2.60. The van der Waals surface area contributed by atoms with E-state index in [9.17, 15) is 4.79 Å². The third kappa shape index (κ3) is 5.11. The van der Waals surface area contributed by atoms with Crippen molar-refractivity contribution in [1.29, 1.82) is 0 Å². The number of nitrogens with zero attached hydrogens (tertiary/aromatic N) is 4. The molecule has 0 N–H and O–H groups in total. The summed E-state index contributed by atoms with van der Waals surface area (Å²) in [5.74, 6) is 1.76. The summed E-state index contributed by atoms with van der Waals surface area (Å²) in [6, 6.07) is 4.20. The fourth-order valence-corrected chi connectivity index (χ4v) is 5.86. The first-order valence-corrected chi connectivity index (χ1v) is 13.5. The second kappa shape index (κ2) is 8.88. The van der Waals surface area contributed by atoms with Crippen molar-refractivity contribution in [2.75, 3.05) is 50.7 Å². The van der Waals surface area contributed by atoms with Gasteiger partial charge in [-0.15, -0.1) is 0 Å². The highest BCUT2D eigenvalue weighted by Crippen LogP contribution is 2.41. The summed E-state index contributed by atoms with van der Waals surface area (Å²) in [5.41, 5.74) is 0.167. The Morgan fingerprint density at radius 3 is 2.19 bits per heavy atom. The van der Waals surface area contributed by atoms with Crippen molar-refractivity contribution in [2.24, 2.45) is 11.3 Å². The molecule has 0 atom stereocenters. The van der Waals surface area contributed by atoms with Gasteiger partial charge in [0, 0.05) is 62.9 Å². The van der Waals surface area contributed by atoms with Crippen LogP contribution in [0.15, 0.2) is 18.3 Å². The molecular weight excluding hydrogens is 455 g/mol. The van der Waals surface area contributed by atoms with E-state index < -0.39 is 5.60 Å². The van der Waals surface area contributed by atoms with Gasteiger partial charge in [0.25, 0.3) is 0 Å². The molecule has 4 aliphatic rings. The molecular formula is C27H43BN4O4. The number of likely N-dealkylation sites (tertiary alicyclic amines) is 2. The summed E-state index contributed by atoms with van der Waals surface area (Å²) in [4.78, 5) is 23.8. The van der Waals surface area contributed by atoms with E-state index in [2.05, 4.69) is 49.6 Å². The standard InChI is InChI=1S/C27H43BN4O4/c1-24(2,3)34-23(33)32-18-27(19-32)16-30(17-27)15-20-10-12-31(13-11-20)22-9-8-21(14-29-22)28-35-25(4,5)26(6,7)36-28/h8-9,14,20H,10-13,15-19H2,1-7H3. The molecule has 0 radical (unpaired) electrons. The Morgan fingerprint density at radius 2 is 1.67 bits per heavy atom. The molecule has 36 heavy (non-hydrogen) atoms. The van der Waals surface area contributed by atoms with Gasteiger partial charge >= 0.3 is 13.2 Å². The summed E-state index contributed by atoms with van der Waals surface area (Å²) in [5, 5.41) is 0. The zero-order valence-electron chi connectivity index (χ0n) is 23.2. The predicted octanol–water partition coefficient (Wildman–Crippen LogP) is 3.15. The number of amides is 1. The molecule has 0 bridgehead atoms. The van der Waals surface area contributed by atoms with Crippen molar-refractivity contribution < 1.29 is 18.8 Å². The topological polar surface area (TPSA) is 67.4 Å². The van der Waals surface area contributed by atoms with Gasteiger partial charge < -0.3 is 28.7 Å². The van der Waals surface area contributed by atoms with Gasteiger partial charge in [0.15, 0.2) is 0 Å². The number of carbonyl (C=O) groups is 1. The summed E-state index contributed by atoms with van der Waals surface area (Å²) in [6.45, 7) is 21.2. The van der Waals surface area contributed by atoms with Gasteiger partial charge in [-0.3, -0.25) is 0 Å². The Balaban J connectivity index is 1.03. The van der Waals surface area contributed by atoms with Crippen molar-refractivity contribution >= 4 is 24.5 Å². The molecule has 198 valence electrons. The van der Waals surface area contributed by atoms with E-state index in [0.29, 0.717) is 5.41 Å². The SMILES string of the molecule is CC(C)(C)OC(=O)N1CC2(CN(CC3CCN(c4ccc(B5OC(C)(C)C(C)(C)O5)cn4)CC3)C2)C1. The highest BCUT2D eigenvalue weighted by atomic mass is 16.7. The van der Waals surface area contributed by atoms with Crippen LogP contribution in [0.3, 0.4) is 0 Å². The number of piperidine rings is 1. The fraction of sp³-hybridized carbons (Fsp3) is 0.778. The normalized spacial score (nSPS) is 25.6. The van der Waals surface area contributed by atoms with E-state index in [0.717, 1.165) is 63.0 Å². The van der Waals surface area contributed by atoms with Crippen LogP contribution < -0.4 is 10.4 Å². The van der Waals surface area contributed by atoms with E-state index in [1.165, 1.54) is 12.8 Å². The molecule has 0 unspecified atom stereocenters. The van der Waals surface area contributed by atoms with Crippen LogP contribution in [-0.4, -0.2) is 90.6 Å². The predicted molar refractivity (Wildman–Crippen MR) is 142 cm³/mol. The van der Waals surface area contributed by atoms with E-state index in [1.54, 1.807) is 0 Å². The molecule has 8 nitrogen and oxygen atoms in total. The lowest BCUT2D eigenvalue weighted by molar-refractivity contribution is -0.116. The van der Waals surface area contributed by atoms with Gasteiger partial charge in [-0.2, -0.15) is 0 Å². The van der Waals surface area contributed by atoms with Crippen LogP contribution in [0.25, 0.3) is 0 Å². The molecule has 4 aliphatic heterocycles. The number of ether oxygens (including phenoxy) is 1. The van der Waals surface area contributed by atoms with E-state index in [1.807, 2.05) is 31.9 Å². The first-order valence-electron chi connectivity index (χ1n) is 13.5. The van der Waals surface area contributed by atoms with Crippen molar-refractivity contribution in [3.8, 4) is 0 Å². The number of rotatable bonds is 4. The van der Waals surface area contributed by atoms with Crippen LogP contribution in [0.1, 0.15) is 61.3 Å². The molecule has 1 aromatic heterocycles. The largest absolute Gasteiger partial charge is 0.496 e. The lowest BCUT2D eigenvalue weighted by atomic mass is 9.72. The average Bonchev–Trinajstić information content (AvgIpc) is 2.95. The van der Waals surface area contributed by atoms with Crippen LogP contribution >= 0.6 is 0 Å². The summed E-state index contributed by atoms with van der Waals surface area (Å²) in [6.07, 6.45) is 4.11. The first-order chi connectivity index (χ1) is 16.7. The molecule has 5 heterocycles. The molecule has 1 aromatic rings. The van der Waals surface area contributed by atoms with Gasteiger partial charge in [0.2, 0.25) is 0 Å². The molecule has 0 aliphatic carbocycles. The maximum Gasteiger partial charge on any atom is 0.496 e. The van der Waals surface area contributed by atoms with Crippen molar-refractivity contribution in [2.45, 2.75) is 78.1 Å². The maximum atomic E-state index is 12.2. The van der Waals surface area contributed by atoms with Crippen molar-refractivity contribution in [3.05, 3.63) is 18.3 Å². The van der Waals surface area contributed by atoms with Gasteiger partial charge in [0.05, 0.1) is 11.2 Å². The smallest absolute Gasteiger partial charge is 0.444 e. The zero-order valence-corrected chi connectivity index (χ0v) is 23.2. The Bertz CT molecular complexity index is 939. The lowest BCUT2D eigenvalue weighted by Crippen LogP contribution is -2.73. The van der Waals surface area contributed by atoms with Gasteiger partial charge in [-0.05, 0) is 73.3 Å². The van der Waals surface area contributed by atoms with Crippen LogP contribution in [0.5, 0.6) is 0 Å². The number of pyridine rings is 1. The van der Waals surface area contributed by atoms with Crippen LogP contribution in [0.4, 0.5) is 10.6 Å². The number of carbonyl (C=O) groups excluding carboxylic acids is 1. The monoisotopic (exact) mass is 498 g/mol. The molecule has 0 aromatic carbocycles. The number of anilines is 1. The average molecular weight is 498 g/mol. The third-order valence-corrected chi connectivity index (χ3v) is 8.57. The van der Waals surface area contributed by atoms with Crippen LogP contribution in [0, 0.1) is 11.3 Å². The molecule has 5 rings (SSSR count). The summed E-state index contributed by atoms with van der Waals surface area (Å²) in [7, 11) is -0.367. The Hall–Kier alpha value is -1.84. The van der Waals surface area contributed by atoms with Crippen LogP contribution in [-0.2, 0) is 14.0 Å². The number of aromatic nitrogens is 1. The molecule has 4 fully saturated rings. The van der Waals surface area contributed by atoms with Gasteiger partial charge in [0.1, 0.15) is 11.4 Å². The second-order valence-corrected chi connectivity index (χ2v) is 13.5. The van der Waals surface area contributed by atoms with E-state index >= 15 is 0 Å². The quantitative estimate of drug-likeness (QED) is 0.591. The van der Waals surface area contributed by atoms with Crippen LogP contribution in [0.2, 0.25) is 0 Å². The minimum absolute atomic E-state index is 0.170. The third-order valence-electron chi connectivity index (χ3n) is 8.57. The number of hydrogen-bond donors (Lipinski definition) is 0. The first kappa shape index (κ1) is 25.8. The van der Waals surface area contributed by atoms with Crippen molar-refractivity contribution in [1.82, 2.24) is 14.8 Å². The summed E-state index contributed by atoms with van der Waals surface area (Å²) >= 11 is 0. The van der Waals surface area contributed by atoms with Gasteiger partial charge in [-0.25, -0.2) is 9.78 Å². The van der Waals surface area contributed by atoms with Gasteiger partial charge in [-0.1, -0.05) is 6.07 Å². The molecule has 9 heteroatoms. The van der Waals surface area contributed by atoms with Crippen molar-refractivity contribution in [3.63, 3.8) is 0 Å².